The Morgan fingerprint density at radius 2 is 1.46 bits per heavy atom. The zero-order valence-electron chi connectivity index (χ0n) is 23.0. The number of allylic oxidation sites excluding steroid dienone is 4. The van der Waals surface area contributed by atoms with Gasteiger partial charge < -0.3 is 9.64 Å². The van der Waals surface area contributed by atoms with Crippen molar-refractivity contribution in [3.05, 3.63) is 90.7 Å². The quantitative estimate of drug-likeness (QED) is 0.268. The maximum absolute atomic E-state index is 13.7. The molecule has 2 aromatic carbocycles. The highest BCUT2D eigenvalue weighted by Gasteiger charge is 2.48. The molecule has 0 unspecified atom stereocenters. The molecular weight excluding hydrogens is 560 g/mol. The summed E-state index contributed by atoms with van der Waals surface area (Å²) in [4.78, 5) is 39.9. The summed E-state index contributed by atoms with van der Waals surface area (Å²) in [5.41, 5.74) is 4.99. The Bertz CT molecular complexity index is 1400. The number of ketones is 2. The van der Waals surface area contributed by atoms with Gasteiger partial charge in [0.1, 0.15) is 12.4 Å². The molecule has 0 N–H and O–H groups in total. The topological polar surface area (TPSA) is 89.8 Å². The average molecular weight is 594 g/mol. The summed E-state index contributed by atoms with van der Waals surface area (Å²) in [6, 6.07) is 12.0. The van der Waals surface area contributed by atoms with Crippen LogP contribution in [-0.2, 0) is 16.2 Å². The number of hydrogen-bond acceptors (Lipinski definition) is 6. The minimum absolute atomic E-state index is 0.0334. The maximum Gasteiger partial charge on any atom is 0.269 e. The van der Waals surface area contributed by atoms with Crippen LogP contribution in [-0.4, -0.2) is 28.4 Å². The Kier molecular flexibility index (Phi) is 6.82. The van der Waals surface area contributed by atoms with E-state index in [1.165, 1.54) is 12.1 Å². The molecule has 0 radical (unpaired) electrons. The second kappa shape index (κ2) is 9.73. The van der Waals surface area contributed by atoms with E-state index in [4.69, 9.17) is 4.74 Å². The first-order chi connectivity index (χ1) is 18.3. The van der Waals surface area contributed by atoms with E-state index >= 15 is 0 Å². The number of halogens is 1. The molecule has 3 aliphatic rings. The summed E-state index contributed by atoms with van der Waals surface area (Å²) in [6.07, 6.45) is 2.47. The lowest BCUT2D eigenvalue weighted by Crippen LogP contribution is -2.43. The van der Waals surface area contributed by atoms with Crippen molar-refractivity contribution in [2.24, 2.45) is 10.8 Å². The number of ether oxygens (including phenoxy) is 1. The lowest BCUT2D eigenvalue weighted by molar-refractivity contribution is -0.384. The molecule has 0 amide bonds. The largest absolute Gasteiger partial charge is 0.488 e. The molecule has 2 aliphatic carbocycles. The number of carbonyl (C=O) groups is 2. The third kappa shape index (κ3) is 5.19. The van der Waals surface area contributed by atoms with Crippen molar-refractivity contribution in [2.45, 2.75) is 65.9 Å². The van der Waals surface area contributed by atoms with Gasteiger partial charge in [0.05, 0.1) is 9.40 Å². The van der Waals surface area contributed by atoms with Crippen molar-refractivity contribution < 1.29 is 19.2 Å². The monoisotopic (exact) mass is 592 g/mol. The van der Waals surface area contributed by atoms with E-state index in [2.05, 4.69) is 48.5 Å². The van der Waals surface area contributed by atoms with Gasteiger partial charge in [-0.15, -0.1) is 0 Å². The molecule has 0 atom stereocenters. The zero-order chi connectivity index (χ0) is 28.3. The standard InChI is InChI=1S/C31H33BrN2O5/c1-30(2)13-22-28(24(35)15-30)27(29-23(33(22)5)14-31(3,4)16-25(29)36)19-8-11-26(21(32)12-19)39-17-18-6-9-20(10-7-18)34(37)38/h6-12,27H,13-17H2,1-5H3. The molecule has 0 spiro atoms. The third-order valence-corrected chi connectivity index (χ3v) is 8.63. The molecule has 204 valence electrons. The lowest BCUT2D eigenvalue weighted by atomic mass is 9.64. The molecule has 0 aromatic heterocycles. The van der Waals surface area contributed by atoms with E-state index in [1.807, 2.05) is 25.2 Å². The van der Waals surface area contributed by atoms with Gasteiger partial charge in [0.25, 0.3) is 5.69 Å². The van der Waals surface area contributed by atoms with Crippen LogP contribution in [0.15, 0.2) is 69.5 Å². The van der Waals surface area contributed by atoms with Gasteiger partial charge in [0.15, 0.2) is 11.6 Å². The predicted octanol–water partition coefficient (Wildman–Crippen LogP) is 7.25. The number of Topliss-reactive ketones (excluding diaryl/α,β-unsaturated/α-hetero) is 2. The van der Waals surface area contributed by atoms with Crippen molar-refractivity contribution in [3.8, 4) is 5.75 Å². The smallest absolute Gasteiger partial charge is 0.269 e. The van der Waals surface area contributed by atoms with E-state index in [9.17, 15) is 19.7 Å². The average Bonchev–Trinajstić information content (AvgIpc) is 2.83. The molecule has 0 fully saturated rings. The van der Waals surface area contributed by atoms with Gasteiger partial charge >= 0.3 is 0 Å². The van der Waals surface area contributed by atoms with Crippen molar-refractivity contribution in [1.29, 1.82) is 0 Å². The number of nitro groups is 1. The van der Waals surface area contributed by atoms with Crippen LogP contribution in [0.2, 0.25) is 0 Å². The number of benzene rings is 2. The molecule has 2 aromatic rings. The van der Waals surface area contributed by atoms with E-state index in [1.54, 1.807) is 12.1 Å². The second-order valence-electron chi connectivity index (χ2n) is 12.5. The highest BCUT2D eigenvalue weighted by Crippen LogP contribution is 2.54. The lowest BCUT2D eigenvalue weighted by Gasteiger charge is -2.47. The first-order valence-electron chi connectivity index (χ1n) is 13.2. The molecule has 1 heterocycles. The highest BCUT2D eigenvalue weighted by atomic mass is 79.9. The first kappa shape index (κ1) is 27.3. The normalized spacial score (nSPS) is 20.6. The third-order valence-electron chi connectivity index (χ3n) is 8.01. The van der Waals surface area contributed by atoms with Gasteiger partial charge in [-0.05, 0) is 75.0 Å². The van der Waals surface area contributed by atoms with Gasteiger partial charge in [0, 0.05) is 60.5 Å². The minimum Gasteiger partial charge on any atom is -0.488 e. The van der Waals surface area contributed by atoms with Crippen LogP contribution < -0.4 is 4.74 Å². The van der Waals surface area contributed by atoms with Crippen LogP contribution >= 0.6 is 15.9 Å². The van der Waals surface area contributed by atoms with Crippen LogP contribution in [0, 0.1) is 20.9 Å². The van der Waals surface area contributed by atoms with E-state index in [0.29, 0.717) is 18.6 Å². The molecule has 5 rings (SSSR count). The minimum atomic E-state index is -0.430. The Labute approximate surface area is 237 Å². The number of hydrogen-bond donors (Lipinski definition) is 0. The van der Waals surface area contributed by atoms with Gasteiger partial charge in [-0.25, -0.2) is 0 Å². The van der Waals surface area contributed by atoms with Gasteiger partial charge in [-0.3, -0.25) is 19.7 Å². The summed E-state index contributed by atoms with van der Waals surface area (Å²) in [6.45, 7) is 8.77. The fourth-order valence-corrected chi connectivity index (χ4v) is 6.70. The van der Waals surface area contributed by atoms with E-state index in [0.717, 1.165) is 51.0 Å². The highest BCUT2D eigenvalue weighted by molar-refractivity contribution is 9.10. The van der Waals surface area contributed by atoms with Crippen LogP contribution in [0.4, 0.5) is 5.69 Å². The number of carbonyl (C=O) groups excluding carboxylic acids is 2. The molecule has 0 bridgehead atoms. The fraction of sp³-hybridized carbons (Fsp3) is 0.419. The zero-order valence-corrected chi connectivity index (χ0v) is 24.6. The number of non-ortho nitro benzene ring substituents is 1. The molecule has 7 nitrogen and oxygen atoms in total. The van der Waals surface area contributed by atoms with Crippen LogP contribution in [0.5, 0.6) is 5.75 Å². The number of nitro benzene ring substituents is 1. The van der Waals surface area contributed by atoms with Crippen molar-refractivity contribution in [1.82, 2.24) is 4.90 Å². The Balaban J connectivity index is 1.51. The van der Waals surface area contributed by atoms with Crippen LogP contribution in [0.1, 0.15) is 70.4 Å². The molecule has 0 saturated heterocycles. The van der Waals surface area contributed by atoms with Gasteiger partial charge in [-0.2, -0.15) is 0 Å². The second-order valence-corrected chi connectivity index (χ2v) is 13.4. The predicted molar refractivity (Wildman–Crippen MR) is 152 cm³/mol. The van der Waals surface area contributed by atoms with Crippen molar-refractivity contribution in [2.75, 3.05) is 7.05 Å². The molecule has 8 heteroatoms. The Morgan fingerprint density at radius 1 is 0.923 bits per heavy atom. The molecular formula is C31H33BrN2O5. The Morgan fingerprint density at radius 3 is 1.95 bits per heavy atom. The summed E-state index contributed by atoms with van der Waals surface area (Å²) < 4.78 is 6.73. The van der Waals surface area contributed by atoms with E-state index in [-0.39, 0.29) is 34.7 Å². The summed E-state index contributed by atoms with van der Waals surface area (Å²) in [7, 11) is 2.01. The summed E-state index contributed by atoms with van der Waals surface area (Å²) in [5, 5.41) is 10.9. The molecule has 1 aliphatic heterocycles. The number of rotatable bonds is 5. The van der Waals surface area contributed by atoms with Crippen molar-refractivity contribution in [3.63, 3.8) is 0 Å². The van der Waals surface area contributed by atoms with Gasteiger partial charge in [-0.1, -0.05) is 33.8 Å². The Hall–Kier alpha value is -3.26. The SMILES string of the molecule is CN1C2=C(C(=O)CC(C)(C)C2)C(c2ccc(OCc3ccc([N+](=O)[O-])cc3)c(Br)c2)C2=C1CC(C)(C)CC2=O. The van der Waals surface area contributed by atoms with Crippen molar-refractivity contribution >= 4 is 33.2 Å². The molecule has 39 heavy (non-hydrogen) atoms. The summed E-state index contributed by atoms with van der Waals surface area (Å²) in [5.74, 6) is 0.424. The first-order valence-corrected chi connectivity index (χ1v) is 14.0. The fourth-order valence-electron chi connectivity index (χ4n) is 6.19. The molecule has 0 saturated carbocycles. The number of nitrogens with zero attached hydrogens (tertiary/aromatic N) is 2. The maximum atomic E-state index is 13.7. The van der Waals surface area contributed by atoms with E-state index < -0.39 is 10.8 Å². The van der Waals surface area contributed by atoms with Crippen LogP contribution in [0.25, 0.3) is 0 Å². The summed E-state index contributed by atoms with van der Waals surface area (Å²) >= 11 is 3.65. The van der Waals surface area contributed by atoms with Gasteiger partial charge in [0.2, 0.25) is 0 Å². The van der Waals surface area contributed by atoms with Crippen LogP contribution in [0.3, 0.4) is 0 Å².